The second-order valence-electron chi connectivity index (χ2n) is 4.20. The van der Waals surface area contributed by atoms with Gasteiger partial charge in [0.25, 0.3) is 0 Å². The Morgan fingerprint density at radius 1 is 0.895 bits per heavy atom. The molecule has 1 aliphatic heterocycles. The first kappa shape index (κ1) is 13.0. The van der Waals surface area contributed by atoms with Crippen LogP contribution in [0.5, 0.6) is 0 Å². The lowest BCUT2D eigenvalue weighted by atomic mass is 9.81. The van der Waals surface area contributed by atoms with E-state index in [0.717, 1.165) is 0 Å². The lowest BCUT2D eigenvalue weighted by molar-refractivity contribution is -0.150. The number of fused-ring (bicyclic) bond motifs is 1. The van der Waals surface area contributed by atoms with Crippen LogP contribution in [0.25, 0.3) is 0 Å². The summed E-state index contributed by atoms with van der Waals surface area (Å²) in [6, 6.07) is 3.35. The van der Waals surface area contributed by atoms with Gasteiger partial charge in [-0.25, -0.2) is 0 Å². The van der Waals surface area contributed by atoms with Gasteiger partial charge in [0, 0.05) is 0 Å². The number of hydrogen-bond acceptors (Lipinski definition) is 4. The Balaban J connectivity index is 2.60. The predicted molar refractivity (Wildman–Crippen MR) is 61.8 cm³/mol. The molecule has 1 heterocycles. The molecule has 0 spiro atoms. The Bertz CT molecular complexity index is 555. The van der Waals surface area contributed by atoms with E-state index in [1.807, 2.05) is 0 Å². The van der Waals surface area contributed by atoms with Crippen LogP contribution >= 0.6 is 0 Å². The highest BCUT2D eigenvalue weighted by Crippen LogP contribution is 2.34. The van der Waals surface area contributed by atoms with Crippen molar-refractivity contribution in [2.45, 2.75) is 18.0 Å². The summed E-state index contributed by atoms with van der Waals surface area (Å²) in [6.45, 7) is 0. The van der Waals surface area contributed by atoms with E-state index < -0.39 is 35.9 Å². The zero-order chi connectivity index (χ0) is 14.2. The van der Waals surface area contributed by atoms with E-state index in [0.29, 0.717) is 0 Å². The van der Waals surface area contributed by atoms with E-state index in [-0.39, 0.29) is 11.1 Å². The molecular formula is C12H11NO6. The van der Waals surface area contributed by atoms with Crippen LogP contribution in [0.1, 0.15) is 23.1 Å². The summed E-state index contributed by atoms with van der Waals surface area (Å²) in [7, 11) is 0. The van der Waals surface area contributed by atoms with Crippen molar-refractivity contribution >= 4 is 17.9 Å². The molecule has 1 aliphatic rings. The van der Waals surface area contributed by atoms with Crippen molar-refractivity contribution in [1.82, 2.24) is 5.32 Å². The van der Waals surface area contributed by atoms with Gasteiger partial charge in [0.15, 0.2) is 0 Å². The van der Waals surface area contributed by atoms with E-state index >= 15 is 0 Å². The first-order valence-corrected chi connectivity index (χ1v) is 5.46. The molecule has 2 rings (SSSR count). The fourth-order valence-electron chi connectivity index (χ4n) is 2.30. The van der Waals surface area contributed by atoms with Gasteiger partial charge in [0.05, 0.1) is 0 Å². The fraction of sp³-hybridized carbons (Fsp3) is 0.250. The Morgan fingerprint density at radius 3 is 1.95 bits per heavy atom. The van der Waals surface area contributed by atoms with Crippen LogP contribution in [-0.2, 0) is 14.4 Å². The van der Waals surface area contributed by atoms with Crippen LogP contribution in [0.2, 0.25) is 0 Å². The van der Waals surface area contributed by atoms with Gasteiger partial charge in [-0.2, -0.15) is 0 Å². The maximum atomic E-state index is 11.3. The maximum Gasteiger partial charge on any atom is 0.325 e. The normalized spacial score (nSPS) is 25.4. The minimum absolute atomic E-state index is 0.216. The molecule has 0 aliphatic carbocycles. The quantitative estimate of drug-likeness (QED) is 0.608. The Labute approximate surface area is 107 Å². The Morgan fingerprint density at radius 2 is 1.47 bits per heavy atom. The number of carbonyl (C=O) groups is 3. The second kappa shape index (κ2) is 4.69. The SMILES string of the molecule is O=C(O)C1NC(C(=O)O)C(C(=O)O)c2ccccc21. The summed E-state index contributed by atoms with van der Waals surface area (Å²) < 4.78 is 0. The van der Waals surface area contributed by atoms with Crippen molar-refractivity contribution in [2.24, 2.45) is 0 Å². The smallest absolute Gasteiger partial charge is 0.325 e. The zero-order valence-corrected chi connectivity index (χ0v) is 9.61. The minimum atomic E-state index is -1.48. The summed E-state index contributed by atoms with van der Waals surface area (Å²) in [4.78, 5) is 33.5. The molecule has 7 nitrogen and oxygen atoms in total. The van der Waals surface area contributed by atoms with Gasteiger partial charge in [-0.1, -0.05) is 24.3 Å². The van der Waals surface area contributed by atoms with Crippen LogP contribution in [0.15, 0.2) is 24.3 Å². The Kier molecular flexibility index (Phi) is 3.22. The van der Waals surface area contributed by atoms with Crippen LogP contribution < -0.4 is 5.32 Å². The average Bonchev–Trinajstić information content (AvgIpc) is 2.35. The standard InChI is InChI=1S/C12H11NO6/c14-10(15)7-5-3-1-2-4-6(5)8(11(16)17)13-9(7)12(18)19/h1-4,7-9,13H,(H,14,15)(H,16,17)(H,18,19). The summed E-state index contributed by atoms with van der Waals surface area (Å²) in [5, 5.41) is 29.7. The van der Waals surface area contributed by atoms with Crippen molar-refractivity contribution in [3.05, 3.63) is 35.4 Å². The van der Waals surface area contributed by atoms with E-state index in [1.54, 1.807) is 12.1 Å². The molecule has 7 heteroatoms. The van der Waals surface area contributed by atoms with Gasteiger partial charge in [0.1, 0.15) is 18.0 Å². The topological polar surface area (TPSA) is 124 Å². The summed E-state index contributed by atoms with van der Waals surface area (Å²) in [5.74, 6) is -5.27. The number of carboxylic acid groups (broad SMARTS) is 3. The van der Waals surface area contributed by atoms with E-state index in [2.05, 4.69) is 5.32 Å². The number of hydrogen-bond donors (Lipinski definition) is 4. The fourth-order valence-corrected chi connectivity index (χ4v) is 2.30. The third-order valence-corrected chi connectivity index (χ3v) is 3.10. The van der Waals surface area contributed by atoms with E-state index in [1.165, 1.54) is 12.1 Å². The number of aliphatic carboxylic acids is 3. The molecule has 1 aromatic rings. The third kappa shape index (κ3) is 2.15. The molecule has 0 saturated carbocycles. The molecule has 4 N–H and O–H groups in total. The molecule has 0 fully saturated rings. The highest BCUT2D eigenvalue weighted by molar-refractivity contribution is 5.90. The molecule has 0 saturated heterocycles. The summed E-state index contributed by atoms with van der Waals surface area (Å²) in [6.07, 6.45) is 0. The Hall–Kier alpha value is -2.41. The van der Waals surface area contributed by atoms with E-state index in [9.17, 15) is 19.5 Å². The molecule has 100 valence electrons. The average molecular weight is 265 g/mol. The predicted octanol–water partition coefficient (Wildman–Crippen LogP) is 0.0369. The van der Waals surface area contributed by atoms with Crippen molar-refractivity contribution in [3.63, 3.8) is 0 Å². The number of nitrogens with one attached hydrogen (secondary N) is 1. The van der Waals surface area contributed by atoms with Gasteiger partial charge in [-0.15, -0.1) is 0 Å². The summed E-state index contributed by atoms with van der Waals surface area (Å²) >= 11 is 0. The van der Waals surface area contributed by atoms with Crippen molar-refractivity contribution in [1.29, 1.82) is 0 Å². The number of carboxylic acids is 3. The first-order chi connectivity index (χ1) is 8.93. The molecule has 19 heavy (non-hydrogen) atoms. The minimum Gasteiger partial charge on any atom is -0.481 e. The molecule has 0 bridgehead atoms. The van der Waals surface area contributed by atoms with Crippen molar-refractivity contribution in [2.75, 3.05) is 0 Å². The van der Waals surface area contributed by atoms with Crippen molar-refractivity contribution < 1.29 is 29.7 Å². The number of rotatable bonds is 3. The molecular weight excluding hydrogens is 254 g/mol. The molecule has 0 aromatic heterocycles. The lowest BCUT2D eigenvalue weighted by Crippen LogP contribution is -2.51. The maximum absolute atomic E-state index is 11.3. The molecule has 1 aromatic carbocycles. The molecule has 0 amide bonds. The lowest BCUT2D eigenvalue weighted by Gasteiger charge is -2.33. The van der Waals surface area contributed by atoms with Gasteiger partial charge in [-0.3, -0.25) is 19.7 Å². The van der Waals surface area contributed by atoms with Crippen molar-refractivity contribution in [3.8, 4) is 0 Å². The monoisotopic (exact) mass is 265 g/mol. The first-order valence-electron chi connectivity index (χ1n) is 5.46. The molecule has 3 unspecified atom stereocenters. The van der Waals surface area contributed by atoms with E-state index in [4.69, 9.17) is 10.2 Å². The van der Waals surface area contributed by atoms with Gasteiger partial charge < -0.3 is 15.3 Å². The highest BCUT2D eigenvalue weighted by atomic mass is 16.4. The van der Waals surface area contributed by atoms with Gasteiger partial charge in [0.2, 0.25) is 0 Å². The van der Waals surface area contributed by atoms with Gasteiger partial charge in [-0.05, 0) is 11.1 Å². The second-order valence-corrected chi connectivity index (χ2v) is 4.20. The van der Waals surface area contributed by atoms with Crippen LogP contribution in [0, 0.1) is 0 Å². The van der Waals surface area contributed by atoms with Gasteiger partial charge >= 0.3 is 17.9 Å². The van der Waals surface area contributed by atoms with Crippen LogP contribution in [-0.4, -0.2) is 39.3 Å². The summed E-state index contributed by atoms with van der Waals surface area (Å²) in [5.41, 5.74) is 0.494. The number of benzene rings is 1. The highest BCUT2D eigenvalue weighted by Gasteiger charge is 2.44. The molecule has 0 radical (unpaired) electrons. The third-order valence-electron chi connectivity index (χ3n) is 3.10. The van der Waals surface area contributed by atoms with Crippen LogP contribution in [0.3, 0.4) is 0 Å². The zero-order valence-electron chi connectivity index (χ0n) is 9.61. The largest absolute Gasteiger partial charge is 0.481 e. The van der Waals surface area contributed by atoms with Crippen LogP contribution in [0.4, 0.5) is 0 Å². The molecule has 3 atom stereocenters.